The molecule has 2 aromatic carbocycles. The molecule has 1 saturated heterocycles. The molecule has 4 rings (SSSR count). The Morgan fingerprint density at radius 2 is 1.79 bits per heavy atom. The third kappa shape index (κ3) is 3.99. The smallest absolute Gasteiger partial charge is 0.272 e. The van der Waals surface area contributed by atoms with Gasteiger partial charge >= 0.3 is 0 Å². The molecular formula is C22H21F2N3O2. The number of methoxy groups -OCH3 is 1. The molecule has 1 aromatic heterocycles. The van der Waals surface area contributed by atoms with Gasteiger partial charge in [0.15, 0.2) is 0 Å². The highest BCUT2D eigenvalue weighted by Gasteiger charge is 2.22. The summed E-state index contributed by atoms with van der Waals surface area (Å²) < 4.78 is 32.7. The average molecular weight is 397 g/mol. The maximum Gasteiger partial charge on any atom is 0.272 e. The van der Waals surface area contributed by atoms with Crippen molar-refractivity contribution in [1.29, 1.82) is 0 Å². The predicted molar refractivity (Wildman–Crippen MR) is 108 cm³/mol. The van der Waals surface area contributed by atoms with Gasteiger partial charge in [0, 0.05) is 30.2 Å². The van der Waals surface area contributed by atoms with Crippen LogP contribution in [0, 0.1) is 11.6 Å². The van der Waals surface area contributed by atoms with Crippen molar-refractivity contribution in [1.82, 2.24) is 9.88 Å². The SMILES string of the molecule is COc1cccc2c(Nc3cc(F)cc(F)c3)cc(C(=O)N3CCCCC3)nc12. The summed E-state index contributed by atoms with van der Waals surface area (Å²) in [5.74, 6) is -1.02. The summed E-state index contributed by atoms with van der Waals surface area (Å²) in [6, 6.07) is 10.2. The monoisotopic (exact) mass is 397 g/mol. The number of aromatic nitrogens is 1. The van der Waals surface area contributed by atoms with E-state index in [0.29, 0.717) is 35.4 Å². The number of halogens is 2. The summed E-state index contributed by atoms with van der Waals surface area (Å²) in [5.41, 5.74) is 1.55. The van der Waals surface area contributed by atoms with E-state index in [-0.39, 0.29) is 17.3 Å². The van der Waals surface area contributed by atoms with Gasteiger partial charge in [-0.3, -0.25) is 4.79 Å². The lowest BCUT2D eigenvalue weighted by atomic mass is 10.1. The van der Waals surface area contributed by atoms with Gasteiger partial charge < -0.3 is 15.0 Å². The highest BCUT2D eigenvalue weighted by molar-refractivity contribution is 6.02. The van der Waals surface area contributed by atoms with E-state index in [1.54, 1.807) is 23.1 Å². The maximum absolute atomic E-state index is 13.6. The molecule has 0 radical (unpaired) electrons. The Morgan fingerprint density at radius 1 is 1.07 bits per heavy atom. The van der Waals surface area contributed by atoms with Crippen LogP contribution >= 0.6 is 0 Å². The van der Waals surface area contributed by atoms with Crippen LogP contribution in [0.25, 0.3) is 10.9 Å². The number of ether oxygens (including phenoxy) is 1. The topological polar surface area (TPSA) is 54.5 Å². The molecule has 7 heteroatoms. The summed E-state index contributed by atoms with van der Waals surface area (Å²) in [7, 11) is 1.53. The largest absolute Gasteiger partial charge is 0.494 e. The summed E-state index contributed by atoms with van der Waals surface area (Å²) in [6.45, 7) is 1.39. The molecule has 0 atom stereocenters. The molecular weight excluding hydrogens is 376 g/mol. The van der Waals surface area contributed by atoms with E-state index in [0.717, 1.165) is 25.3 Å². The number of fused-ring (bicyclic) bond motifs is 1. The van der Waals surface area contributed by atoms with E-state index >= 15 is 0 Å². The third-order valence-corrected chi connectivity index (χ3v) is 5.03. The van der Waals surface area contributed by atoms with Crippen LogP contribution < -0.4 is 10.1 Å². The second kappa shape index (κ2) is 8.03. The van der Waals surface area contributed by atoms with Crippen molar-refractivity contribution in [3.8, 4) is 5.75 Å². The first kappa shape index (κ1) is 19.1. The molecule has 5 nitrogen and oxygen atoms in total. The summed E-state index contributed by atoms with van der Waals surface area (Å²) in [4.78, 5) is 19.4. The number of anilines is 2. The molecule has 150 valence electrons. The van der Waals surface area contributed by atoms with Crippen molar-refractivity contribution >= 4 is 28.2 Å². The summed E-state index contributed by atoms with van der Waals surface area (Å²) >= 11 is 0. The number of likely N-dealkylation sites (tertiary alicyclic amines) is 1. The van der Waals surface area contributed by atoms with Gasteiger partial charge in [0.25, 0.3) is 5.91 Å². The molecule has 1 fully saturated rings. The zero-order valence-electron chi connectivity index (χ0n) is 16.0. The number of piperidine rings is 1. The Hall–Kier alpha value is -3.22. The third-order valence-electron chi connectivity index (χ3n) is 5.03. The number of pyridine rings is 1. The molecule has 3 aromatic rings. The molecule has 2 heterocycles. The lowest BCUT2D eigenvalue weighted by molar-refractivity contribution is 0.0719. The second-order valence-electron chi connectivity index (χ2n) is 7.05. The van der Waals surface area contributed by atoms with Gasteiger partial charge in [-0.1, -0.05) is 12.1 Å². The molecule has 1 N–H and O–H groups in total. The van der Waals surface area contributed by atoms with Gasteiger partial charge in [-0.25, -0.2) is 13.8 Å². The Morgan fingerprint density at radius 3 is 2.48 bits per heavy atom. The number of hydrogen-bond donors (Lipinski definition) is 1. The Kier molecular flexibility index (Phi) is 5.29. The molecule has 1 aliphatic heterocycles. The summed E-state index contributed by atoms with van der Waals surface area (Å²) in [5, 5.41) is 3.72. The molecule has 1 amide bonds. The van der Waals surface area contributed by atoms with Gasteiger partial charge in [0.1, 0.15) is 28.6 Å². The minimum atomic E-state index is -0.687. The number of rotatable bonds is 4. The number of hydrogen-bond acceptors (Lipinski definition) is 4. The van der Waals surface area contributed by atoms with Crippen LogP contribution in [0.2, 0.25) is 0 Å². The number of para-hydroxylation sites is 1. The van der Waals surface area contributed by atoms with Crippen molar-refractivity contribution in [2.45, 2.75) is 19.3 Å². The fourth-order valence-corrected chi connectivity index (χ4v) is 3.64. The molecule has 0 saturated carbocycles. The first-order valence-corrected chi connectivity index (χ1v) is 9.55. The lowest BCUT2D eigenvalue weighted by Crippen LogP contribution is -2.36. The maximum atomic E-state index is 13.6. The number of carbonyl (C=O) groups excluding carboxylic acids is 1. The average Bonchev–Trinajstić information content (AvgIpc) is 2.72. The quantitative estimate of drug-likeness (QED) is 0.681. The van der Waals surface area contributed by atoms with E-state index in [9.17, 15) is 13.6 Å². The molecule has 29 heavy (non-hydrogen) atoms. The van der Waals surface area contributed by atoms with Crippen LogP contribution in [0.5, 0.6) is 5.75 Å². The minimum absolute atomic E-state index is 0.161. The van der Waals surface area contributed by atoms with Gasteiger partial charge in [-0.15, -0.1) is 0 Å². The van der Waals surface area contributed by atoms with Crippen LogP contribution in [-0.4, -0.2) is 36.0 Å². The Bertz CT molecular complexity index is 1050. The van der Waals surface area contributed by atoms with E-state index < -0.39 is 11.6 Å². The fraction of sp³-hybridized carbons (Fsp3) is 0.273. The van der Waals surface area contributed by atoms with Crippen LogP contribution in [0.3, 0.4) is 0 Å². The number of carbonyl (C=O) groups is 1. The van der Waals surface area contributed by atoms with Gasteiger partial charge in [0.2, 0.25) is 0 Å². The molecule has 1 aliphatic rings. The number of nitrogens with one attached hydrogen (secondary N) is 1. The van der Waals surface area contributed by atoms with Crippen LogP contribution in [0.15, 0.2) is 42.5 Å². The second-order valence-corrected chi connectivity index (χ2v) is 7.05. The van der Waals surface area contributed by atoms with Gasteiger partial charge in [-0.05, 0) is 43.5 Å². The fourth-order valence-electron chi connectivity index (χ4n) is 3.64. The standard InChI is InChI=1S/C22H21F2N3O2/c1-29-20-7-5-6-17-18(25-16-11-14(23)10-15(24)12-16)13-19(26-21(17)20)22(28)27-8-3-2-4-9-27/h5-7,10-13H,2-4,8-9H2,1H3,(H,25,26). The van der Waals surface area contributed by atoms with Crippen molar-refractivity contribution in [2.75, 3.05) is 25.5 Å². The van der Waals surface area contributed by atoms with Crippen molar-refractivity contribution in [3.05, 3.63) is 59.8 Å². The van der Waals surface area contributed by atoms with Crippen molar-refractivity contribution in [3.63, 3.8) is 0 Å². The van der Waals surface area contributed by atoms with Crippen molar-refractivity contribution in [2.24, 2.45) is 0 Å². The van der Waals surface area contributed by atoms with Crippen LogP contribution in [0.4, 0.5) is 20.2 Å². The number of benzene rings is 2. The minimum Gasteiger partial charge on any atom is -0.494 e. The van der Waals surface area contributed by atoms with Gasteiger partial charge in [0.05, 0.1) is 12.8 Å². The van der Waals surface area contributed by atoms with E-state index in [4.69, 9.17) is 4.74 Å². The Balaban J connectivity index is 1.81. The molecule has 0 aliphatic carbocycles. The highest BCUT2D eigenvalue weighted by atomic mass is 19.1. The number of amides is 1. The predicted octanol–water partition coefficient (Wildman–Crippen LogP) is 4.89. The highest BCUT2D eigenvalue weighted by Crippen LogP contribution is 2.32. The zero-order chi connectivity index (χ0) is 20.4. The van der Waals surface area contributed by atoms with E-state index in [2.05, 4.69) is 10.3 Å². The normalized spacial score (nSPS) is 14.1. The number of nitrogens with zero attached hydrogens (tertiary/aromatic N) is 2. The zero-order valence-corrected chi connectivity index (χ0v) is 16.0. The van der Waals surface area contributed by atoms with E-state index in [1.165, 1.54) is 19.2 Å². The van der Waals surface area contributed by atoms with Crippen LogP contribution in [-0.2, 0) is 0 Å². The van der Waals surface area contributed by atoms with E-state index in [1.807, 2.05) is 6.07 Å². The molecule has 0 spiro atoms. The van der Waals surface area contributed by atoms with Crippen molar-refractivity contribution < 1.29 is 18.3 Å². The molecule has 0 bridgehead atoms. The lowest BCUT2D eigenvalue weighted by Gasteiger charge is -2.26. The first-order valence-electron chi connectivity index (χ1n) is 9.55. The van der Waals surface area contributed by atoms with Crippen LogP contribution in [0.1, 0.15) is 29.8 Å². The Labute approximate surface area is 167 Å². The van der Waals surface area contributed by atoms with Gasteiger partial charge in [-0.2, -0.15) is 0 Å². The summed E-state index contributed by atoms with van der Waals surface area (Å²) in [6.07, 6.45) is 3.05. The molecule has 0 unspecified atom stereocenters. The first-order chi connectivity index (χ1) is 14.0.